The lowest BCUT2D eigenvalue weighted by Crippen LogP contribution is -2.29. The molecule has 3 heteroatoms. The monoisotopic (exact) mass is 242 g/mol. The molecule has 0 saturated carbocycles. The van der Waals surface area contributed by atoms with Crippen LogP contribution in [0.1, 0.15) is 40.0 Å². The van der Waals surface area contributed by atoms with Crippen molar-refractivity contribution in [1.29, 1.82) is 0 Å². The van der Waals surface area contributed by atoms with Gasteiger partial charge in [0.05, 0.1) is 6.10 Å². The summed E-state index contributed by atoms with van der Waals surface area (Å²) in [4.78, 5) is 0. The first kappa shape index (κ1) is 14.9. The number of rotatable bonds is 8. The van der Waals surface area contributed by atoms with Crippen molar-refractivity contribution in [1.82, 2.24) is 5.32 Å². The van der Waals surface area contributed by atoms with Gasteiger partial charge in [-0.25, -0.2) is 0 Å². The fourth-order valence-corrected chi connectivity index (χ4v) is 2.64. The molecule has 17 heavy (non-hydrogen) atoms. The molecule has 1 saturated heterocycles. The van der Waals surface area contributed by atoms with Gasteiger partial charge in [-0.3, -0.25) is 0 Å². The summed E-state index contributed by atoms with van der Waals surface area (Å²) in [7, 11) is 0. The Morgan fingerprint density at radius 1 is 1.41 bits per heavy atom. The Bertz CT molecular complexity index is 197. The number of hydrogen-bond acceptors (Lipinski definition) is 3. The van der Waals surface area contributed by atoms with Gasteiger partial charge >= 0.3 is 0 Å². The van der Waals surface area contributed by atoms with Crippen LogP contribution in [0.3, 0.4) is 0 Å². The van der Waals surface area contributed by atoms with Crippen molar-refractivity contribution in [3.63, 3.8) is 0 Å². The van der Waals surface area contributed by atoms with Gasteiger partial charge in [0.25, 0.3) is 0 Å². The highest BCUT2D eigenvalue weighted by atomic mass is 16.5. The fourth-order valence-electron chi connectivity index (χ4n) is 2.64. The first-order valence-electron chi connectivity index (χ1n) is 7.15. The van der Waals surface area contributed by atoms with Crippen LogP contribution in [0, 0.1) is 17.8 Å². The minimum atomic E-state index is 0.434. The summed E-state index contributed by atoms with van der Waals surface area (Å²) < 4.78 is 5.56. The molecule has 0 amide bonds. The Labute approximate surface area is 106 Å². The largest absolute Gasteiger partial charge is 0.378 e. The molecule has 0 aromatic carbocycles. The highest BCUT2D eigenvalue weighted by Gasteiger charge is 2.23. The first-order chi connectivity index (χ1) is 8.13. The SMILES string of the molecule is CC(C)CC(CN)CCNCC1CCOC1C. The van der Waals surface area contributed by atoms with Gasteiger partial charge in [0.15, 0.2) is 0 Å². The molecule has 0 radical (unpaired) electrons. The van der Waals surface area contributed by atoms with Crippen LogP contribution in [0.5, 0.6) is 0 Å². The van der Waals surface area contributed by atoms with E-state index < -0.39 is 0 Å². The van der Waals surface area contributed by atoms with Crippen LogP contribution in [0.4, 0.5) is 0 Å². The van der Waals surface area contributed by atoms with E-state index >= 15 is 0 Å². The Hall–Kier alpha value is -0.120. The van der Waals surface area contributed by atoms with Crippen LogP contribution >= 0.6 is 0 Å². The van der Waals surface area contributed by atoms with Crippen LogP contribution in [-0.4, -0.2) is 32.3 Å². The van der Waals surface area contributed by atoms with E-state index in [0.717, 1.165) is 32.2 Å². The molecule has 1 aliphatic heterocycles. The average Bonchev–Trinajstić information content (AvgIpc) is 2.68. The zero-order valence-electron chi connectivity index (χ0n) is 11.7. The van der Waals surface area contributed by atoms with Crippen LogP contribution in [-0.2, 0) is 4.74 Å². The van der Waals surface area contributed by atoms with Crippen LogP contribution in [0.25, 0.3) is 0 Å². The summed E-state index contributed by atoms with van der Waals surface area (Å²) in [6, 6.07) is 0. The smallest absolute Gasteiger partial charge is 0.0588 e. The van der Waals surface area contributed by atoms with Crippen molar-refractivity contribution in [3.8, 4) is 0 Å². The lowest BCUT2D eigenvalue weighted by Gasteiger charge is -2.19. The van der Waals surface area contributed by atoms with Gasteiger partial charge in [0.1, 0.15) is 0 Å². The van der Waals surface area contributed by atoms with Crippen molar-refractivity contribution >= 4 is 0 Å². The van der Waals surface area contributed by atoms with Gasteiger partial charge in [-0.05, 0) is 57.0 Å². The van der Waals surface area contributed by atoms with Gasteiger partial charge in [-0.15, -0.1) is 0 Å². The molecule has 0 aliphatic carbocycles. The number of nitrogens with one attached hydrogen (secondary N) is 1. The minimum Gasteiger partial charge on any atom is -0.378 e. The molecule has 1 heterocycles. The molecule has 0 bridgehead atoms. The van der Waals surface area contributed by atoms with E-state index in [2.05, 4.69) is 26.1 Å². The van der Waals surface area contributed by atoms with Gasteiger partial charge in [-0.2, -0.15) is 0 Å². The summed E-state index contributed by atoms with van der Waals surface area (Å²) in [5.74, 6) is 2.14. The zero-order valence-corrected chi connectivity index (χ0v) is 11.7. The summed E-state index contributed by atoms with van der Waals surface area (Å²) in [6.45, 7) is 10.7. The zero-order chi connectivity index (χ0) is 12.7. The summed E-state index contributed by atoms with van der Waals surface area (Å²) in [6.07, 6.45) is 4.10. The molecule has 3 unspecified atom stereocenters. The molecule has 0 aromatic heterocycles. The summed E-state index contributed by atoms with van der Waals surface area (Å²) >= 11 is 0. The second-order valence-corrected chi connectivity index (χ2v) is 5.85. The van der Waals surface area contributed by atoms with E-state index in [1.807, 2.05) is 0 Å². The molecule has 0 spiro atoms. The first-order valence-corrected chi connectivity index (χ1v) is 7.15. The van der Waals surface area contributed by atoms with Crippen LogP contribution in [0.15, 0.2) is 0 Å². The maximum atomic E-state index is 5.80. The fraction of sp³-hybridized carbons (Fsp3) is 1.00. The molecule has 1 aliphatic rings. The second kappa shape index (κ2) is 8.06. The van der Waals surface area contributed by atoms with Crippen LogP contribution in [0.2, 0.25) is 0 Å². The molecule has 1 fully saturated rings. The quantitative estimate of drug-likeness (QED) is 0.640. The topological polar surface area (TPSA) is 47.3 Å². The van der Waals surface area contributed by atoms with Crippen molar-refractivity contribution in [2.75, 3.05) is 26.2 Å². The Kier molecular flexibility index (Phi) is 7.09. The van der Waals surface area contributed by atoms with E-state index in [4.69, 9.17) is 10.5 Å². The maximum Gasteiger partial charge on any atom is 0.0588 e. The molecular formula is C14H30N2O. The van der Waals surface area contributed by atoms with E-state index in [9.17, 15) is 0 Å². The summed E-state index contributed by atoms with van der Waals surface area (Å²) in [5.41, 5.74) is 5.80. The number of nitrogens with two attached hydrogens (primary N) is 1. The average molecular weight is 242 g/mol. The summed E-state index contributed by atoms with van der Waals surface area (Å²) in [5, 5.41) is 3.56. The highest BCUT2D eigenvalue weighted by molar-refractivity contribution is 4.74. The van der Waals surface area contributed by atoms with Crippen molar-refractivity contribution < 1.29 is 4.74 Å². The lowest BCUT2D eigenvalue weighted by atomic mass is 9.94. The van der Waals surface area contributed by atoms with E-state index in [-0.39, 0.29) is 0 Å². The predicted octanol–water partition coefficient (Wildman–Crippen LogP) is 2.01. The molecule has 102 valence electrons. The normalized spacial score (nSPS) is 26.6. The molecule has 0 aromatic rings. The number of hydrogen-bond donors (Lipinski definition) is 2. The van der Waals surface area contributed by atoms with E-state index in [1.54, 1.807) is 0 Å². The number of ether oxygens (including phenoxy) is 1. The molecular weight excluding hydrogens is 212 g/mol. The Morgan fingerprint density at radius 2 is 2.18 bits per heavy atom. The Balaban J connectivity index is 2.05. The standard InChI is InChI=1S/C14H30N2O/c1-11(2)8-13(9-15)4-6-16-10-14-5-7-17-12(14)3/h11-14,16H,4-10,15H2,1-3H3. The molecule has 3 nitrogen and oxygen atoms in total. The van der Waals surface area contributed by atoms with Gasteiger partial charge in [0.2, 0.25) is 0 Å². The predicted molar refractivity (Wildman–Crippen MR) is 73.0 cm³/mol. The highest BCUT2D eigenvalue weighted by Crippen LogP contribution is 2.19. The van der Waals surface area contributed by atoms with Gasteiger partial charge < -0.3 is 15.8 Å². The van der Waals surface area contributed by atoms with Crippen molar-refractivity contribution in [2.24, 2.45) is 23.5 Å². The third-order valence-electron chi connectivity index (χ3n) is 3.81. The third kappa shape index (κ3) is 5.84. The Morgan fingerprint density at radius 3 is 2.71 bits per heavy atom. The second-order valence-electron chi connectivity index (χ2n) is 5.85. The van der Waals surface area contributed by atoms with E-state index in [1.165, 1.54) is 19.3 Å². The molecule has 3 atom stereocenters. The van der Waals surface area contributed by atoms with Crippen LogP contribution < -0.4 is 11.1 Å². The van der Waals surface area contributed by atoms with Crippen molar-refractivity contribution in [3.05, 3.63) is 0 Å². The van der Waals surface area contributed by atoms with Gasteiger partial charge in [0, 0.05) is 13.2 Å². The lowest BCUT2D eigenvalue weighted by molar-refractivity contribution is 0.105. The molecule has 3 N–H and O–H groups in total. The maximum absolute atomic E-state index is 5.80. The molecule has 1 rings (SSSR count). The van der Waals surface area contributed by atoms with E-state index in [0.29, 0.717) is 17.9 Å². The third-order valence-corrected chi connectivity index (χ3v) is 3.81. The minimum absolute atomic E-state index is 0.434. The van der Waals surface area contributed by atoms with Gasteiger partial charge in [-0.1, -0.05) is 13.8 Å². The van der Waals surface area contributed by atoms with Crippen molar-refractivity contribution in [2.45, 2.75) is 46.1 Å².